The molecular formula is C15H23FIN5. The molecule has 3 rings (SSSR count). The van der Waals surface area contributed by atoms with E-state index in [2.05, 4.69) is 20.6 Å². The lowest BCUT2D eigenvalue weighted by Crippen LogP contribution is -2.45. The van der Waals surface area contributed by atoms with Crippen LogP contribution in [-0.2, 0) is 0 Å². The van der Waals surface area contributed by atoms with Gasteiger partial charge >= 0.3 is 0 Å². The molecular weight excluding hydrogens is 396 g/mol. The van der Waals surface area contributed by atoms with Crippen molar-refractivity contribution in [2.45, 2.75) is 25.3 Å². The molecule has 1 aliphatic heterocycles. The maximum atomic E-state index is 13.8. The fourth-order valence-corrected chi connectivity index (χ4v) is 2.63. The molecule has 1 saturated carbocycles. The lowest BCUT2D eigenvalue weighted by molar-refractivity contribution is 0.612. The number of pyridine rings is 1. The van der Waals surface area contributed by atoms with Crippen LogP contribution in [0.3, 0.4) is 0 Å². The van der Waals surface area contributed by atoms with Gasteiger partial charge in [-0.2, -0.15) is 0 Å². The third-order valence-electron chi connectivity index (χ3n) is 4.05. The quantitative estimate of drug-likeness (QED) is 0.446. The standard InChI is InChI=1S/C15H22FN5.HI/c1-17-15(19-9-11-4-5-11)20-12-6-8-21(10-12)14-13(16)3-2-7-18-14;/h2-3,7,11-12H,4-6,8-10H2,1H3,(H2,17,19,20);1H. The summed E-state index contributed by atoms with van der Waals surface area (Å²) >= 11 is 0. The number of halogens is 2. The van der Waals surface area contributed by atoms with Crippen LogP contribution in [0.2, 0.25) is 0 Å². The summed E-state index contributed by atoms with van der Waals surface area (Å²) in [5, 5.41) is 6.77. The Balaban J connectivity index is 0.00000176. The van der Waals surface area contributed by atoms with Crippen molar-refractivity contribution in [3.63, 3.8) is 0 Å². The molecule has 1 atom stereocenters. The average molecular weight is 419 g/mol. The van der Waals surface area contributed by atoms with Gasteiger partial charge in [0.15, 0.2) is 17.6 Å². The highest BCUT2D eigenvalue weighted by Crippen LogP contribution is 2.27. The SMILES string of the molecule is CN=C(NCC1CC1)NC1CCN(c2ncccc2F)C1.I. The Bertz CT molecular complexity index is 520. The van der Waals surface area contributed by atoms with E-state index >= 15 is 0 Å². The second-order valence-corrected chi connectivity index (χ2v) is 5.78. The number of nitrogens with zero attached hydrogens (tertiary/aromatic N) is 3. The number of hydrogen-bond acceptors (Lipinski definition) is 3. The third kappa shape index (κ3) is 4.44. The Morgan fingerprint density at radius 3 is 2.95 bits per heavy atom. The fraction of sp³-hybridized carbons (Fsp3) is 0.600. The van der Waals surface area contributed by atoms with Crippen molar-refractivity contribution in [3.8, 4) is 0 Å². The van der Waals surface area contributed by atoms with Gasteiger partial charge in [-0.15, -0.1) is 24.0 Å². The molecule has 5 nitrogen and oxygen atoms in total. The van der Waals surface area contributed by atoms with E-state index in [1.807, 2.05) is 4.90 Å². The summed E-state index contributed by atoms with van der Waals surface area (Å²) in [5.41, 5.74) is 0. The first kappa shape index (κ1) is 17.2. The molecule has 0 bridgehead atoms. The molecule has 22 heavy (non-hydrogen) atoms. The van der Waals surface area contributed by atoms with Crippen molar-refractivity contribution in [1.29, 1.82) is 0 Å². The molecule has 0 radical (unpaired) electrons. The number of nitrogens with one attached hydrogen (secondary N) is 2. The van der Waals surface area contributed by atoms with Gasteiger partial charge in [-0.05, 0) is 37.3 Å². The van der Waals surface area contributed by atoms with Gasteiger partial charge in [0, 0.05) is 38.9 Å². The number of aliphatic imine (C=N–C) groups is 1. The molecule has 1 saturated heterocycles. The minimum Gasteiger partial charge on any atom is -0.356 e. The zero-order chi connectivity index (χ0) is 14.7. The van der Waals surface area contributed by atoms with Gasteiger partial charge in [-0.1, -0.05) is 0 Å². The van der Waals surface area contributed by atoms with Crippen LogP contribution >= 0.6 is 24.0 Å². The summed E-state index contributed by atoms with van der Waals surface area (Å²) in [6.45, 7) is 2.55. The van der Waals surface area contributed by atoms with E-state index in [0.29, 0.717) is 5.82 Å². The Morgan fingerprint density at radius 2 is 2.27 bits per heavy atom. The summed E-state index contributed by atoms with van der Waals surface area (Å²) in [4.78, 5) is 10.4. The molecule has 2 aliphatic rings. The maximum Gasteiger partial charge on any atom is 0.191 e. The average Bonchev–Trinajstić information content (AvgIpc) is 3.22. The highest BCUT2D eigenvalue weighted by molar-refractivity contribution is 14.0. The molecule has 1 unspecified atom stereocenters. The first-order chi connectivity index (χ1) is 10.3. The molecule has 7 heteroatoms. The first-order valence-corrected chi connectivity index (χ1v) is 7.59. The van der Waals surface area contributed by atoms with E-state index in [4.69, 9.17) is 0 Å². The second kappa shape index (κ2) is 7.94. The number of aromatic nitrogens is 1. The Hall–Kier alpha value is -1.12. The highest BCUT2D eigenvalue weighted by Gasteiger charge is 2.26. The van der Waals surface area contributed by atoms with E-state index in [1.54, 1.807) is 19.3 Å². The molecule has 1 aliphatic carbocycles. The lowest BCUT2D eigenvalue weighted by atomic mass is 10.3. The monoisotopic (exact) mass is 419 g/mol. The van der Waals surface area contributed by atoms with Gasteiger partial charge in [0.25, 0.3) is 0 Å². The molecule has 2 fully saturated rings. The van der Waals surface area contributed by atoms with Gasteiger partial charge in [-0.25, -0.2) is 9.37 Å². The van der Waals surface area contributed by atoms with Crippen molar-refractivity contribution in [1.82, 2.24) is 15.6 Å². The summed E-state index contributed by atoms with van der Waals surface area (Å²) in [6, 6.07) is 3.35. The fourth-order valence-electron chi connectivity index (χ4n) is 2.63. The topological polar surface area (TPSA) is 52.6 Å². The Labute approximate surface area is 147 Å². The van der Waals surface area contributed by atoms with Gasteiger partial charge in [-0.3, -0.25) is 4.99 Å². The lowest BCUT2D eigenvalue weighted by Gasteiger charge is -2.19. The van der Waals surface area contributed by atoms with Gasteiger partial charge in [0.1, 0.15) is 0 Å². The summed E-state index contributed by atoms with van der Waals surface area (Å²) < 4.78 is 13.8. The minimum absolute atomic E-state index is 0. The molecule has 0 aromatic carbocycles. The van der Waals surface area contributed by atoms with E-state index in [-0.39, 0.29) is 35.8 Å². The smallest absolute Gasteiger partial charge is 0.191 e. The number of anilines is 1. The van der Waals surface area contributed by atoms with Gasteiger partial charge < -0.3 is 15.5 Å². The number of hydrogen-bond donors (Lipinski definition) is 2. The van der Waals surface area contributed by atoms with E-state index in [1.165, 1.54) is 18.9 Å². The number of rotatable bonds is 4. The van der Waals surface area contributed by atoms with E-state index in [9.17, 15) is 4.39 Å². The Morgan fingerprint density at radius 1 is 1.45 bits per heavy atom. The molecule has 0 spiro atoms. The first-order valence-electron chi connectivity index (χ1n) is 7.59. The van der Waals surface area contributed by atoms with Crippen molar-refractivity contribution >= 4 is 35.8 Å². The summed E-state index contributed by atoms with van der Waals surface area (Å²) in [7, 11) is 1.79. The zero-order valence-corrected chi connectivity index (χ0v) is 15.1. The van der Waals surface area contributed by atoms with Crippen LogP contribution in [0, 0.1) is 11.7 Å². The molecule has 1 aromatic rings. The molecule has 2 heterocycles. The largest absolute Gasteiger partial charge is 0.356 e. The predicted molar refractivity (Wildman–Crippen MR) is 97.4 cm³/mol. The van der Waals surface area contributed by atoms with Crippen molar-refractivity contribution in [2.75, 3.05) is 31.6 Å². The van der Waals surface area contributed by atoms with Gasteiger partial charge in [0.2, 0.25) is 0 Å². The van der Waals surface area contributed by atoms with Crippen molar-refractivity contribution < 1.29 is 4.39 Å². The molecule has 122 valence electrons. The van der Waals surface area contributed by atoms with Crippen LogP contribution in [0.15, 0.2) is 23.3 Å². The molecule has 2 N–H and O–H groups in total. The normalized spacial score (nSPS) is 21.5. The highest BCUT2D eigenvalue weighted by atomic mass is 127. The second-order valence-electron chi connectivity index (χ2n) is 5.78. The van der Waals surface area contributed by atoms with Crippen LogP contribution < -0.4 is 15.5 Å². The van der Waals surface area contributed by atoms with Crippen LogP contribution in [0.25, 0.3) is 0 Å². The zero-order valence-electron chi connectivity index (χ0n) is 12.8. The van der Waals surface area contributed by atoms with Crippen molar-refractivity contribution in [3.05, 3.63) is 24.1 Å². The third-order valence-corrected chi connectivity index (χ3v) is 4.05. The van der Waals surface area contributed by atoms with Crippen LogP contribution in [0.1, 0.15) is 19.3 Å². The molecule has 1 aromatic heterocycles. The summed E-state index contributed by atoms with van der Waals surface area (Å²) in [6.07, 6.45) is 5.23. The predicted octanol–water partition coefficient (Wildman–Crippen LogP) is 1.99. The van der Waals surface area contributed by atoms with Crippen LogP contribution in [0.4, 0.5) is 10.2 Å². The number of guanidine groups is 1. The van der Waals surface area contributed by atoms with Crippen molar-refractivity contribution in [2.24, 2.45) is 10.9 Å². The van der Waals surface area contributed by atoms with E-state index in [0.717, 1.165) is 37.9 Å². The van der Waals surface area contributed by atoms with Crippen LogP contribution in [0.5, 0.6) is 0 Å². The maximum absolute atomic E-state index is 13.8. The van der Waals surface area contributed by atoms with Crippen LogP contribution in [-0.4, -0.2) is 43.7 Å². The van der Waals surface area contributed by atoms with Gasteiger partial charge in [0.05, 0.1) is 0 Å². The van der Waals surface area contributed by atoms with E-state index < -0.39 is 0 Å². The minimum atomic E-state index is -0.255. The Kier molecular flexibility index (Phi) is 6.22. The molecule has 0 amide bonds. The summed E-state index contributed by atoms with van der Waals surface area (Å²) in [5.74, 6) is 1.85.